The van der Waals surface area contributed by atoms with Crippen LogP contribution >= 0.6 is 0 Å². The van der Waals surface area contributed by atoms with Crippen LogP contribution in [0.2, 0.25) is 0 Å². The molecule has 40 heavy (non-hydrogen) atoms. The van der Waals surface area contributed by atoms with Crippen LogP contribution in [0.25, 0.3) is 5.69 Å². The average Bonchev–Trinajstić information content (AvgIpc) is 3.36. The van der Waals surface area contributed by atoms with Crippen molar-refractivity contribution in [3.63, 3.8) is 0 Å². The van der Waals surface area contributed by atoms with Gasteiger partial charge in [0.2, 0.25) is 5.95 Å². The van der Waals surface area contributed by atoms with Crippen LogP contribution in [-0.4, -0.2) is 115 Å². The van der Waals surface area contributed by atoms with Gasteiger partial charge < -0.3 is 24.6 Å². The van der Waals surface area contributed by atoms with E-state index in [4.69, 9.17) is 9.47 Å². The van der Waals surface area contributed by atoms with Crippen molar-refractivity contribution in [1.29, 1.82) is 0 Å². The summed E-state index contributed by atoms with van der Waals surface area (Å²) in [5.41, 5.74) is 3.47. The molecule has 4 saturated heterocycles. The van der Waals surface area contributed by atoms with Crippen molar-refractivity contribution in [2.45, 2.75) is 12.1 Å². The summed E-state index contributed by atoms with van der Waals surface area (Å²) in [5, 5.41) is 7.75. The quantitative estimate of drug-likeness (QED) is 0.476. The van der Waals surface area contributed by atoms with Crippen LogP contribution in [0.15, 0.2) is 42.7 Å². The summed E-state index contributed by atoms with van der Waals surface area (Å²) in [7, 11) is 0. The molecule has 0 radical (unpaired) electrons. The molecule has 4 aliphatic rings. The highest BCUT2D eigenvalue weighted by Gasteiger charge is 2.34. The lowest BCUT2D eigenvalue weighted by atomic mass is 10.0. The lowest BCUT2D eigenvalue weighted by Gasteiger charge is -2.48. The van der Waals surface area contributed by atoms with E-state index < -0.39 is 11.6 Å². The average molecular weight is 553 g/mol. The lowest BCUT2D eigenvalue weighted by Crippen LogP contribution is -2.61. The maximum absolute atomic E-state index is 13.7. The van der Waals surface area contributed by atoms with Crippen LogP contribution < -0.4 is 15.1 Å². The maximum Gasteiger partial charge on any atom is 0.246 e. The Kier molecular flexibility index (Phi) is 7.00. The molecule has 1 N–H and O–H groups in total. The van der Waals surface area contributed by atoms with E-state index in [1.807, 2.05) is 0 Å². The third-order valence-electron chi connectivity index (χ3n) is 8.37. The molecule has 4 aliphatic heterocycles. The standard InChI is InChI=1S/C28H34F2N8O2/c29-20-9-21(30)11-25(10-20)38-19-31-28(33-38)32-22-12-23(34-1-3-35(4-2-34)27-17-40-18-27)14-24(13-22)37-15-26(16-37)36-5-7-39-8-6-36/h9-14,19,26-27H,1-8,15-18H2,(H,32,33). The second kappa shape index (κ2) is 10.9. The van der Waals surface area contributed by atoms with Gasteiger partial charge in [0.25, 0.3) is 0 Å². The number of hydrogen-bond acceptors (Lipinski definition) is 9. The minimum Gasteiger partial charge on any atom is -0.379 e. The van der Waals surface area contributed by atoms with Gasteiger partial charge in [-0.15, -0.1) is 5.10 Å². The van der Waals surface area contributed by atoms with Crippen molar-refractivity contribution in [1.82, 2.24) is 24.6 Å². The first kappa shape index (κ1) is 25.6. The van der Waals surface area contributed by atoms with Gasteiger partial charge in [-0.1, -0.05) is 0 Å². The predicted molar refractivity (Wildman–Crippen MR) is 148 cm³/mol. The fourth-order valence-corrected chi connectivity index (χ4v) is 5.90. The van der Waals surface area contributed by atoms with E-state index >= 15 is 0 Å². The molecule has 212 valence electrons. The molecule has 2 aromatic carbocycles. The third kappa shape index (κ3) is 5.36. The van der Waals surface area contributed by atoms with Crippen LogP contribution in [0.5, 0.6) is 0 Å². The van der Waals surface area contributed by atoms with E-state index in [1.54, 1.807) is 0 Å². The second-order valence-electron chi connectivity index (χ2n) is 10.9. The molecule has 0 amide bonds. The van der Waals surface area contributed by atoms with Gasteiger partial charge in [-0.25, -0.2) is 13.5 Å². The van der Waals surface area contributed by atoms with Crippen molar-refractivity contribution in [3.05, 3.63) is 54.4 Å². The highest BCUT2D eigenvalue weighted by molar-refractivity contribution is 5.72. The van der Waals surface area contributed by atoms with Gasteiger partial charge in [0, 0.05) is 81.5 Å². The van der Waals surface area contributed by atoms with Gasteiger partial charge in [-0.2, -0.15) is 4.98 Å². The summed E-state index contributed by atoms with van der Waals surface area (Å²) in [6, 6.07) is 10.9. The molecule has 0 spiro atoms. The highest BCUT2D eigenvalue weighted by Crippen LogP contribution is 2.33. The molecule has 0 saturated carbocycles. The Morgan fingerprint density at radius 3 is 2.05 bits per heavy atom. The van der Waals surface area contributed by atoms with Crippen molar-refractivity contribution in [2.75, 3.05) is 93.9 Å². The molecular formula is C28H34F2N8O2. The van der Waals surface area contributed by atoms with E-state index in [0.717, 1.165) is 102 Å². The maximum atomic E-state index is 13.7. The zero-order chi connectivity index (χ0) is 27.1. The minimum atomic E-state index is -0.660. The predicted octanol–water partition coefficient (Wildman–Crippen LogP) is 2.33. The van der Waals surface area contributed by atoms with Gasteiger partial charge in [0.1, 0.15) is 18.0 Å². The molecule has 12 heteroatoms. The number of ether oxygens (including phenoxy) is 2. The highest BCUT2D eigenvalue weighted by atomic mass is 19.1. The van der Waals surface area contributed by atoms with E-state index in [1.165, 1.54) is 23.1 Å². The Hall–Kier alpha value is -3.32. The van der Waals surface area contributed by atoms with Crippen LogP contribution in [-0.2, 0) is 9.47 Å². The minimum absolute atomic E-state index is 0.275. The summed E-state index contributed by atoms with van der Waals surface area (Å²) in [6.07, 6.45) is 1.45. The molecule has 10 nitrogen and oxygen atoms in total. The largest absolute Gasteiger partial charge is 0.379 e. The first-order valence-electron chi connectivity index (χ1n) is 14.0. The van der Waals surface area contributed by atoms with Crippen molar-refractivity contribution in [2.24, 2.45) is 0 Å². The molecule has 0 unspecified atom stereocenters. The Balaban J connectivity index is 1.10. The SMILES string of the molecule is Fc1cc(F)cc(-n2cnc(Nc3cc(N4CCN(C5COC5)CC4)cc(N4CC(N5CCOCC5)C4)c3)n2)c1. The van der Waals surface area contributed by atoms with E-state index in [-0.39, 0.29) is 5.69 Å². The second-order valence-corrected chi connectivity index (χ2v) is 10.9. The summed E-state index contributed by atoms with van der Waals surface area (Å²) < 4.78 is 39.8. The van der Waals surface area contributed by atoms with Gasteiger partial charge in [-0.05, 0) is 30.3 Å². The van der Waals surface area contributed by atoms with Crippen LogP contribution in [0.1, 0.15) is 0 Å². The fourth-order valence-electron chi connectivity index (χ4n) is 5.90. The number of hydrogen-bond donors (Lipinski definition) is 1. The molecule has 4 fully saturated rings. The molecule has 3 aromatic rings. The monoisotopic (exact) mass is 552 g/mol. The molecule has 5 heterocycles. The van der Waals surface area contributed by atoms with Gasteiger partial charge >= 0.3 is 0 Å². The number of aromatic nitrogens is 3. The molecule has 0 bridgehead atoms. The number of piperazine rings is 1. The van der Waals surface area contributed by atoms with Crippen molar-refractivity contribution in [3.8, 4) is 5.69 Å². The molecule has 0 atom stereocenters. The zero-order valence-electron chi connectivity index (χ0n) is 22.4. The third-order valence-corrected chi connectivity index (χ3v) is 8.37. The number of nitrogens with zero attached hydrogens (tertiary/aromatic N) is 7. The summed E-state index contributed by atoms with van der Waals surface area (Å²) in [6.45, 7) is 11.2. The number of halogens is 2. The van der Waals surface area contributed by atoms with Crippen molar-refractivity contribution >= 4 is 23.0 Å². The van der Waals surface area contributed by atoms with E-state index in [9.17, 15) is 8.78 Å². The van der Waals surface area contributed by atoms with Gasteiger partial charge in [0.15, 0.2) is 0 Å². The van der Waals surface area contributed by atoms with Crippen molar-refractivity contribution < 1.29 is 18.3 Å². The Labute approximate surface area is 232 Å². The zero-order valence-corrected chi connectivity index (χ0v) is 22.4. The topological polar surface area (TPSA) is 74.2 Å². The van der Waals surface area contributed by atoms with Gasteiger partial charge in [0.05, 0.1) is 38.2 Å². The molecule has 0 aliphatic carbocycles. The summed E-state index contributed by atoms with van der Waals surface area (Å²) >= 11 is 0. The molecule has 1 aromatic heterocycles. The van der Waals surface area contributed by atoms with Crippen LogP contribution in [0, 0.1) is 11.6 Å². The Bertz CT molecular complexity index is 1310. The first-order chi connectivity index (χ1) is 19.6. The number of nitrogens with one attached hydrogen (secondary N) is 1. The number of benzene rings is 2. The van der Waals surface area contributed by atoms with E-state index in [0.29, 0.717) is 18.0 Å². The lowest BCUT2D eigenvalue weighted by molar-refractivity contribution is -0.0660. The van der Waals surface area contributed by atoms with Crippen LogP contribution in [0.4, 0.5) is 31.8 Å². The number of anilines is 4. The Morgan fingerprint density at radius 2 is 1.38 bits per heavy atom. The fraction of sp³-hybridized carbons (Fsp3) is 0.500. The Morgan fingerprint density at radius 1 is 0.700 bits per heavy atom. The molecular weight excluding hydrogens is 518 g/mol. The summed E-state index contributed by atoms with van der Waals surface area (Å²) in [5.74, 6) is -0.961. The first-order valence-corrected chi connectivity index (χ1v) is 14.0. The summed E-state index contributed by atoms with van der Waals surface area (Å²) in [4.78, 5) is 14.3. The smallest absolute Gasteiger partial charge is 0.246 e. The number of rotatable bonds is 7. The van der Waals surface area contributed by atoms with Gasteiger partial charge in [-0.3, -0.25) is 9.80 Å². The normalized spacial score (nSPS) is 21.4. The molecule has 7 rings (SSSR count). The van der Waals surface area contributed by atoms with Crippen LogP contribution in [0.3, 0.4) is 0 Å². The number of morpholine rings is 1. The van der Waals surface area contributed by atoms with E-state index in [2.05, 4.69) is 53.2 Å².